The van der Waals surface area contributed by atoms with Crippen LogP contribution in [0, 0.1) is 12.7 Å². The number of hydrogen-bond acceptors (Lipinski definition) is 2. The number of benzene rings is 2. The first-order valence-electron chi connectivity index (χ1n) is 6.08. The van der Waals surface area contributed by atoms with Crippen LogP contribution in [0.25, 0.3) is 0 Å². The summed E-state index contributed by atoms with van der Waals surface area (Å²) in [4.78, 5) is 12.1. The number of anilines is 1. The van der Waals surface area contributed by atoms with Crippen LogP contribution in [0.15, 0.2) is 42.5 Å². The molecular formula is C15H12F3NO2. The van der Waals surface area contributed by atoms with E-state index >= 15 is 0 Å². The average Bonchev–Trinajstić information content (AvgIpc) is 2.42. The van der Waals surface area contributed by atoms with Crippen molar-refractivity contribution < 1.29 is 22.7 Å². The molecule has 3 nitrogen and oxygen atoms in total. The SMILES string of the molecule is Cc1ccc(F)c(NC(=O)c2ccccc2OC(F)F)c1. The smallest absolute Gasteiger partial charge is 0.387 e. The Morgan fingerprint density at radius 2 is 1.90 bits per heavy atom. The van der Waals surface area contributed by atoms with E-state index in [0.29, 0.717) is 0 Å². The Bertz CT molecular complexity index is 659. The van der Waals surface area contributed by atoms with Crippen molar-refractivity contribution in [1.82, 2.24) is 0 Å². The summed E-state index contributed by atoms with van der Waals surface area (Å²) in [6, 6.07) is 9.74. The number of aryl methyl sites for hydroxylation is 1. The van der Waals surface area contributed by atoms with Gasteiger partial charge in [-0.3, -0.25) is 4.79 Å². The lowest BCUT2D eigenvalue weighted by molar-refractivity contribution is -0.0501. The van der Waals surface area contributed by atoms with Crippen LogP contribution in [-0.4, -0.2) is 12.5 Å². The number of para-hydroxylation sites is 1. The monoisotopic (exact) mass is 295 g/mol. The summed E-state index contributed by atoms with van der Waals surface area (Å²) in [7, 11) is 0. The highest BCUT2D eigenvalue weighted by molar-refractivity contribution is 6.06. The number of alkyl halides is 2. The van der Waals surface area contributed by atoms with E-state index in [-0.39, 0.29) is 17.0 Å². The maximum Gasteiger partial charge on any atom is 0.387 e. The maximum atomic E-state index is 13.6. The number of nitrogens with one attached hydrogen (secondary N) is 1. The second kappa shape index (κ2) is 6.30. The summed E-state index contributed by atoms with van der Waals surface area (Å²) < 4.78 is 42.4. The quantitative estimate of drug-likeness (QED) is 0.926. The second-order valence-corrected chi connectivity index (χ2v) is 4.31. The highest BCUT2D eigenvalue weighted by atomic mass is 19.3. The third-order valence-corrected chi connectivity index (χ3v) is 2.72. The third-order valence-electron chi connectivity index (χ3n) is 2.72. The molecule has 0 saturated carbocycles. The van der Waals surface area contributed by atoms with Crippen molar-refractivity contribution in [2.75, 3.05) is 5.32 Å². The Labute approximate surface area is 119 Å². The van der Waals surface area contributed by atoms with Crippen molar-refractivity contribution in [3.05, 3.63) is 59.4 Å². The van der Waals surface area contributed by atoms with Gasteiger partial charge in [-0.1, -0.05) is 18.2 Å². The van der Waals surface area contributed by atoms with Gasteiger partial charge >= 0.3 is 6.61 Å². The molecule has 0 bridgehead atoms. The predicted octanol–water partition coefficient (Wildman–Crippen LogP) is 3.99. The summed E-state index contributed by atoms with van der Waals surface area (Å²) >= 11 is 0. The minimum Gasteiger partial charge on any atom is -0.434 e. The molecule has 110 valence electrons. The number of amides is 1. The molecule has 0 aliphatic heterocycles. The van der Waals surface area contributed by atoms with Crippen LogP contribution in [0.5, 0.6) is 5.75 Å². The Morgan fingerprint density at radius 3 is 2.62 bits per heavy atom. The van der Waals surface area contributed by atoms with Crippen LogP contribution in [0.2, 0.25) is 0 Å². The van der Waals surface area contributed by atoms with E-state index in [1.807, 2.05) is 0 Å². The zero-order chi connectivity index (χ0) is 15.4. The van der Waals surface area contributed by atoms with Gasteiger partial charge in [0.1, 0.15) is 11.6 Å². The second-order valence-electron chi connectivity index (χ2n) is 4.31. The van der Waals surface area contributed by atoms with Gasteiger partial charge in [0.2, 0.25) is 0 Å². The van der Waals surface area contributed by atoms with Crippen molar-refractivity contribution in [2.45, 2.75) is 13.5 Å². The fraction of sp³-hybridized carbons (Fsp3) is 0.133. The van der Waals surface area contributed by atoms with Gasteiger partial charge in [-0.05, 0) is 36.8 Å². The molecule has 2 rings (SSSR count). The molecule has 1 amide bonds. The molecule has 0 heterocycles. The molecule has 0 unspecified atom stereocenters. The van der Waals surface area contributed by atoms with Crippen LogP contribution in [0.4, 0.5) is 18.9 Å². The van der Waals surface area contributed by atoms with Crippen molar-refractivity contribution in [3.8, 4) is 5.75 Å². The van der Waals surface area contributed by atoms with Crippen molar-refractivity contribution in [2.24, 2.45) is 0 Å². The lowest BCUT2D eigenvalue weighted by atomic mass is 10.1. The summed E-state index contributed by atoms with van der Waals surface area (Å²) in [5.41, 5.74) is 0.634. The minimum absolute atomic E-state index is 0.0214. The van der Waals surface area contributed by atoms with Crippen LogP contribution in [0.3, 0.4) is 0 Å². The van der Waals surface area contributed by atoms with Crippen LogP contribution in [0.1, 0.15) is 15.9 Å². The van der Waals surface area contributed by atoms with Gasteiger partial charge in [0.05, 0.1) is 11.3 Å². The van der Waals surface area contributed by atoms with Crippen molar-refractivity contribution in [1.29, 1.82) is 0 Å². The molecular weight excluding hydrogens is 283 g/mol. The zero-order valence-electron chi connectivity index (χ0n) is 11.1. The number of carbonyl (C=O) groups is 1. The Morgan fingerprint density at radius 1 is 1.19 bits per heavy atom. The maximum absolute atomic E-state index is 13.6. The molecule has 1 N–H and O–H groups in total. The van der Waals surface area contributed by atoms with E-state index in [1.165, 1.54) is 36.4 Å². The zero-order valence-corrected chi connectivity index (χ0v) is 11.1. The van der Waals surface area contributed by atoms with E-state index in [2.05, 4.69) is 10.1 Å². The molecule has 6 heteroatoms. The number of hydrogen-bond donors (Lipinski definition) is 1. The molecule has 0 atom stereocenters. The summed E-state index contributed by atoms with van der Waals surface area (Å²) in [5, 5.41) is 2.34. The van der Waals surface area contributed by atoms with E-state index in [4.69, 9.17) is 0 Å². The van der Waals surface area contributed by atoms with E-state index in [0.717, 1.165) is 5.56 Å². The highest BCUT2D eigenvalue weighted by Crippen LogP contribution is 2.23. The van der Waals surface area contributed by atoms with Crippen LogP contribution >= 0.6 is 0 Å². The number of halogens is 3. The minimum atomic E-state index is -3.05. The molecule has 0 saturated heterocycles. The molecule has 0 spiro atoms. The Kier molecular flexibility index (Phi) is 4.47. The molecule has 0 aliphatic rings. The van der Waals surface area contributed by atoms with Gasteiger partial charge < -0.3 is 10.1 Å². The molecule has 2 aromatic carbocycles. The van der Waals surface area contributed by atoms with Gasteiger partial charge in [-0.25, -0.2) is 4.39 Å². The topological polar surface area (TPSA) is 38.3 Å². The van der Waals surface area contributed by atoms with Gasteiger partial charge in [0.15, 0.2) is 0 Å². The van der Waals surface area contributed by atoms with Gasteiger partial charge in [0, 0.05) is 0 Å². The number of rotatable bonds is 4. The van der Waals surface area contributed by atoms with Crippen LogP contribution < -0.4 is 10.1 Å². The Hall–Kier alpha value is -2.50. The molecule has 0 fully saturated rings. The predicted molar refractivity (Wildman–Crippen MR) is 72.2 cm³/mol. The molecule has 0 aliphatic carbocycles. The molecule has 21 heavy (non-hydrogen) atoms. The molecule has 2 aromatic rings. The average molecular weight is 295 g/mol. The Balaban J connectivity index is 2.26. The van der Waals surface area contributed by atoms with Crippen molar-refractivity contribution >= 4 is 11.6 Å². The lowest BCUT2D eigenvalue weighted by Crippen LogP contribution is -2.15. The fourth-order valence-electron chi connectivity index (χ4n) is 1.78. The highest BCUT2D eigenvalue weighted by Gasteiger charge is 2.16. The van der Waals surface area contributed by atoms with Crippen LogP contribution in [-0.2, 0) is 0 Å². The molecule has 0 radical (unpaired) electrons. The largest absolute Gasteiger partial charge is 0.434 e. The van der Waals surface area contributed by atoms with E-state index < -0.39 is 18.3 Å². The normalized spacial score (nSPS) is 10.5. The van der Waals surface area contributed by atoms with Gasteiger partial charge in [0.25, 0.3) is 5.91 Å². The lowest BCUT2D eigenvalue weighted by Gasteiger charge is -2.11. The van der Waals surface area contributed by atoms with E-state index in [1.54, 1.807) is 13.0 Å². The standard InChI is InChI=1S/C15H12F3NO2/c1-9-6-7-11(16)12(8-9)19-14(20)10-4-2-3-5-13(10)21-15(17)18/h2-8,15H,1H3,(H,19,20). The van der Waals surface area contributed by atoms with E-state index in [9.17, 15) is 18.0 Å². The first kappa shape index (κ1) is 14.9. The fourth-order valence-corrected chi connectivity index (χ4v) is 1.78. The first-order chi connectivity index (χ1) is 9.97. The number of ether oxygens (including phenoxy) is 1. The van der Waals surface area contributed by atoms with Crippen molar-refractivity contribution in [3.63, 3.8) is 0 Å². The summed E-state index contributed by atoms with van der Waals surface area (Å²) in [5.74, 6) is -1.60. The van der Waals surface area contributed by atoms with Gasteiger partial charge in [-0.2, -0.15) is 8.78 Å². The third kappa shape index (κ3) is 3.75. The first-order valence-corrected chi connectivity index (χ1v) is 6.08. The number of carbonyl (C=O) groups excluding carboxylic acids is 1. The molecule has 0 aromatic heterocycles. The summed E-state index contributed by atoms with van der Waals surface area (Å²) in [6.45, 7) is -1.31. The summed E-state index contributed by atoms with van der Waals surface area (Å²) in [6.07, 6.45) is 0. The van der Waals surface area contributed by atoms with Gasteiger partial charge in [-0.15, -0.1) is 0 Å².